The highest BCUT2D eigenvalue weighted by Gasteiger charge is 2.47. The number of rotatable bonds is 1. The lowest BCUT2D eigenvalue weighted by molar-refractivity contribution is -0.121. The average molecular weight is 281 g/mol. The normalized spacial score (nSPS) is 26.6. The minimum atomic E-state index is -0.196. The van der Waals surface area contributed by atoms with Crippen LogP contribution in [0.1, 0.15) is 30.9 Å². The predicted octanol–water partition coefficient (Wildman–Crippen LogP) is 2.09. The van der Waals surface area contributed by atoms with Gasteiger partial charge in [0.15, 0.2) is 0 Å². The molecule has 1 saturated heterocycles. The molecular formula is C12H13BrN2O. The lowest BCUT2D eigenvalue weighted by atomic mass is 9.85. The maximum Gasteiger partial charge on any atom is 0.243 e. The molecular weight excluding hydrogens is 268 g/mol. The third kappa shape index (κ3) is 1.57. The zero-order valence-electron chi connectivity index (χ0n) is 8.79. The highest BCUT2D eigenvalue weighted by Crippen LogP contribution is 2.36. The second-order valence-electron chi connectivity index (χ2n) is 4.56. The minimum Gasteiger partial charge on any atom is -0.336 e. The van der Waals surface area contributed by atoms with Crippen LogP contribution in [-0.4, -0.2) is 11.6 Å². The van der Waals surface area contributed by atoms with Crippen molar-refractivity contribution in [1.82, 2.24) is 10.6 Å². The Morgan fingerprint density at radius 2 is 2.19 bits per heavy atom. The molecule has 0 bridgehead atoms. The lowest BCUT2D eigenvalue weighted by Gasteiger charge is -2.38. The van der Waals surface area contributed by atoms with Gasteiger partial charge >= 0.3 is 0 Å². The molecule has 0 radical (unpaired) electrons. The summed E-state index contributed by atoms with van der Waals surface area (Å²) in [6.07, 6.45) is 3.28. The number of carbonyl (C=O) groups is 1. The Morgan fingerprint density at radius 1 is 1.38 bits per heavy atom. The van der Waals surface area contributed by atoms with E-state index in [0.29, 0.717) is 0 Å². The fourth-order valence-electron chi connectivity index (χ4n) is 2.41. The molecule has 4 heteroatoms. The Kier molecular flexibility index (Phi) is 2.30. The average Bonchev–Trinajstić information content (AvgIpc) is 2.56. The van der Waals surface area contributed by atoms with Crippen LogP contribution in [-0.2, 0) is 4.79 Å². The van der Waals surface area contributed by atoms with E-state index < -0.39 is 0 Å². The van der Waals surface area contributed by atoms with Crippen molar-refractivity contribution in [2.24, 2.45) is 0 Å². The maximum atomic E-state index is 11.9. The SMILES string of the molecule is O=C1NC2(CCC2)N[C@H]1c1cccc(Br)c1. The number of amides is 1. The summed E-state index contributed by atoms with van der Waals surface area (Å²) < 4.78 is 1.01. The summed E-state index contributed by atoms with van der Waals surface area (Å²) in [6.45, 7) is 0. The van der Waals surface area contributed by atoms with Gasteiger partial charge < -0.3 is 5.32 Å². The summed E-state index contributed by atoms with van der Waals surface area (Å²) >= 11 is 3.43. The number of carbonyl (C=O) groups excluding carboxylic acids is 1. The van der Waals surface area contributed by atoms with Crippen molar-refractivity contribution in [2.45, 2.75) is 31.0 Å². The van der Waals surface area contributed by atoms with Gasteiger partial charge in [-0.05, 0) is 37.0 Å². The second-order valence-corrected chi connectivity index (χ2v) is 5.47. The lowest BCUT2D eigenvalue weighted by Crippen LogP contribution is -2.55. The van der Waals surface area contributed by atoms with Crippen LogP contribution >= 0.6 is 15.9 Å². The molecule has 1 aromatic rings. The number of halogens is 1. The highest BCUT2D eigenvalue weighted by molar-refractivity contribution is 9.10. The Morgan fingerprint density at radius 3 is 2.75 bits per heavy atom. The van der Waals surface area contributed by atoms with Gasteiger partial charge in [-0.25, -0.2) is 0 Å². The monoisotopic (exact) mass is 280 g/mol. The topological polar surface area (TPSA) is 41.1 Å². The van der Waals surface area contributed by atoms with Gasteiger partial charge in [0, 0.05) is 4.47 Å². The fraction of sp³-hybridized carbons (Fsp3) is 0.417. The molecule has 2 N–H and O–H groups in total. The smallest absolute Gasteiger partial charge is 0.243 e. The van der Waals surface area contributed by atoms with Gasteiger partial charge in [-0.15, -0.1) is 0 Å². The van der Waals surface area contributed by atoms with Crippen molar-refractivity contribution in [3.05, 3.63) is 34.3 Å². The Hall–Kier alpha value is -0.870. The quantitative estimate of drug-likeness (QED) is 0.827. The van der Waals surface area contributed by atoms with Crippen LogP contribution in [0.3, 0.4) is 0 Å². The fourth-order valence-corrected chi connectivity index (χ4v) is 2.82. The van der Waals surface area contributed by atoms with E-state index >= 15 is 0 Å². The molecule has 16 heavy (non-hydrogen) atoms. The van der Waals surface area contributed by atoms with Crippen molar-refractivity contribution in [1.29, 1.82) is 0 Å². The van der Waals surface area contributed by atoms with Gasteiger partial charge in [-0.2, -0.15) is 0 Å². The van der Waals surface area contributed by atoms with E-state index in [1.807, 2.05) is 24.3 Å². The standard InChI is InChI=1S/C12H13BrN2O/c13-9-4-1-3-8(7-9)10-11(16)15-12(14-10)5-2-6-12/h1,3-4,7,10,14H,2,5-6H2,(H,15,16)/t10-/m0/s1. The van der Waals surface area contributed by atoms with Crippen molar-refractivity contribution in [3.8, 4) is 0 Å². The first-order chi connectivity index (χ1) is 7.69. The van der Waals surface area contributed by atoms with Crippen LogP contribution < -0.4 is 10.6 Å². The maximum absolute atomic E-state index is 11.9. The van der Waals surface area contributed by atoms with E-state index in [9.17, 15) is 4.79 Å². The number of hydrogen-bond acceptors (Lipinski definition) is 2. The van der Waals surface area contributed by atoms with E-state index in [-0.39, 0.29) is 17.6 Å². The Bertz CT molecular complexity index is 442. The molecule has 0 unspecified atom stereocenters. The molecule has 2 aliphatic rings. The molecule has 1 spiro atoms. The number of hydrogen-bond donors (Lipinski definition) is 2. The molecule has 1 amide bonds. The van der Waals surface area contributed by atoms with Crippen LogP contribution in [0.15, 0.2) is 28.7 Å². The minimum absolute atomic E-state index is 0.0952. The van der Waals surface area contributed by atoms with Gasteiger partial charge in [0.25, 0.3) is 0 Å². The van der Waals surface area contributed by atoms with E-state index in [4.69, 9.17) is 0 Å². The van der Waals surface area contributed by atoms with Crippen molar-refractivity contribution in [2.75, 3.05) is 0 Å². The molecule has 3 nitrogen and oxygen atoms in total. The molecule has 1 aromatic carbocycles. The third-order valence-corrected chi connectivity index (χ3v) is 3.93. The van der Waals surface area contributed by atoms with Crippen molar-refractivity contribution in [3.63, 3.8) is 0 Å². The van der Waals surface area contributed by atoms with Crippen LogP contribution in [0.2, 0.25) is 0 Å². The van der Waals surface area contributed by atoms with Gasteiger partial charge in [-0.1, -0.05) is 28.1 Å². The van der Waals surface area contributed by atoms with Crippen LogP contribution in [0.4, 0.5) is 0 Å². The van der Waals surface area contributed by atoms with Crippen LogP contribution in [0.5, 0.6) is 0 Å². The summed E-state index contributed by atoms with van der Waals surface area (Å²) in [7, 11) is 0. The van der Waals surface area contributed by atoms with E-state index in [0.717, 1.165) is 22.9 Å². The van der Waals surface area contributed by atoms with E-state index in [2.05, 4.69) is 26.6 Å². The van der Waals surface area contributed by atoms with E-state index in [1.54, 1.807) is 0 Å². The molecule has 0 aromatic heterocycles. The first-order valence-corrected chi connectivity index (χ1v) is 6.33. The third-order valence-electron chi connectivity index (χ3n) is 3.43. The first kappa shape index (κ1) is 10.3. The Balaban J connectivity index is 1.88. The molecule has 1 atom stereocenters. The van der Waals surface area contributed by atoms with E-state index in [1.165, 1.54) is 6.42 Å². The number of nitrogens with one attached hydrogen (secondary N) is 2. The van der Waals surface area contributed by atoms with Gasteiger partial charge in [0.2, 0.25) is 5.91 Å². The Labute approximate surface area is 103 Å². The molecule has 1 saturated carbocycles. The summed E-state index contributed by atoms with van der Waals surface area (Å²) in [5.41, 5.74) is 0.917. The second kappa shape index (κ2) is 3.57. The largest absolute Gasteiger partial charge is 0.336 e. The molecule has 1 aliphatic heterocycles. The summed E-state index contributed by atoms with van der Waals surface area (Å²) in [6, 6.07) is 7.71. The molecule has 1 aliphatic carbocycles. The van der Waals surface area contributed by atoms with Crippen LogP contribution in [0, 0.1) is 0 Å². The van der Waals surface area contributed by atoms with Crippen LogP contribution in [0.25, 0.3) is 0 Å². The first-order valence-electron chi connectivity index (χ1n) is 5.54. The van der Waals surface area contributed by atoms with Gasteiger partial charge in [0.05, 0.1) is 5.66 Å². The summed E-state index contributed by atoms with van der Waals surface area (Å²) in [4.78, 5) is 11.9. The van der Waals surface area contributed by atoms with Crippen molar-refractivity contribution < 1.29 is 4.79 Å². The number of benzene rings is 1. The summed E-state index contributed by atoms with van der Waals surface area (Å²) in [5.74, 6) is 0.0952. The molecule has 84 valence electrons. The predicted molar refractivity (Wildman–Crippen MR) is 64.7 cm³/mol. The molecule has 1 heterocycles. The van der Waals surface area contributed by atoms with Gasteiger partial charge in [-0.3, -0.25) is 10.1 Å². The van der Waals surface area contributed by atoms with Gasteiger partial charge in [0.1, 0.15) is 6.04 Å². The molecule has 2 fully saturated rings. The summed E-state index contributed by atoms with van der Waals surface area (Å²) in [5, 5.41) is 6.49. The van der Waals surface area contributed by atoms with Crippen molar-refractivity contribution >= 4 is 21.8 Å². The highest BCUT2D eigenvalue weighted by atomic mass is 79.9. The molecule has 3 rings (SSSR count). The zero-order chi connectivity index (χ0) is 11.2. The zero-order valence-corrected chi connectivity index (χ0v) is 10.4.